The van der Waals surface area contributed by atoms with Gasteiger partial charge < -0.3 is 5.11 Å². The summed E-state index contributed by atoms with van der Waals surface area (Å²) in [5, 5.41) is 9.50. The van der Waals surface area contributed by atoms with Gasteiger partial charge in [0.2, 0.25) is 0 Å². The highest BCUT2D eigenvalue weighted by Crippen LogP contribution is 2.46. The van der Waals surface area contributed by atoms with Gasteiger partial charge in [0.25, 0.3) is 0 Å². The highest BCUT2D eigenvalue weighted by atomic mass is 16.3. The largest absolute Gasteiger partial charge is 0.393 e. The lowest BCUT2D eigenvalue weighted by Crippen LogP contribution is -2.39. The van der Waals surface area contributed by atoms with E-state index in [2.05, 4.69) is 6.92 Å². The Morgan fingerprint density at radius 2 is 1.70 bits per heavy atom. The normalized spacial score (nSPS) is 53.4. The number of aliphatic hydroxyl groups is 1. The lowest BCUT2D eigenvalue weighted by Gasteiger charge is -2.45. The molecule has 0 spiro atoms. The maximum atomic E-state index is 9.50. The smallest absolute Gasteiger partial charge is 0.0568 e. The summed E-state index contributed by atoms with van der Waals surface area (Å²) in [5.74, 6) is 2.45. The van der Waals surface area contributed by atoms with Crippen molar-refractivity contribution in [2.75, 3.05) is 0 Å². The van der Waals surface area contributed by atoms with E-state index >= 15 is 0 Å². The fourth-order valence-electron chi connectivity index (χ4n) is 2.44. The average Bonchev–Trinajstić information content (AvgIpc) is 1.89. The summed E-state index contributed by atoms with van der Waals surface area (Å²) in [6.45, 7) is 2.18. The van der Waals surface area contributed by atoms with Gasteiger partial charge in [-0.3, -0.25) is 0 Å². The Morgan fingerprint density at radius 1 is 1.10 bits per heavy atom. The van der Waals surface area contributed by atoms with Crippen LogP contribution in [-0.4, -0.2) is 11.2 Å². The molecule has 0 aromatic rings. The van der Waals surface area contributed by atoms with Crippen LogP contribution < -0.4 is 0 Å². The van der Waals surface area contributed by atoms with Crippen molar-refractivity contribution in [3.8, 4) is 0 Å². The Bertz CT molecular complexity index is 113. The van der Waals surface area contributed by atoms with Gasteiger partial charge in [0.1, 0.15) is 0 Å². The van der Waals surface area contributed by atoms with E-state index in [4.69, 9.17) is 0 Å². The third-order valence-electron chi connectivity index (χ3n) is 3.45. The van der Waals surface area contributed by atoms with Crippen LogP contribution >= 0.6 is 0 Å². The van der Waals surface area contributed by atoms with Crippen molar-refractivity contribution < 1.29 is 5.11 Å². The van der Waals surface area contributed by atoms with Gasteiger partial charge in [-0.05, 0) is 43.4 Å². The van der Waals surface area contributed by atoms with Crippen LogP contribution in [0.1, 0.15) is 32.6 Å². The number of rotatable bonds is 0. The summed E-state index contributed by atoms with van der Waals surface area (Å²) in [4.78, 5) is 0. The minimum absolute atomic E-state index is 0.0153. The molecule has 0 aromatic carbocycles. The predicted molar refractivity (Wildman–Crippen MR) is 40.6 cm³/mol. The topological polar surface area (TPSA) is 20.2 Å². The van der Waals surface area contributed by atoms with E-state index in [1.165, 1.54) is 19.3 Å². The van der Waals surface area contributed by atoms with Crippen molar-refractivity contribution >= 4 is 0 Å². The van der Waals surface area contributed by atoms with Crippen LogP contribution in [0.3, 0.4) is 0 Å². The molecule has 0 saturated heterocycles. The molecule has 0 heterocycles. The van der Waals surface area contributed by atoms with E-state index in [1.807, 2.05) is 0 Å². The van der Waals surface area contributed by atoms with Gasteiger partial charge in [-0.2, -0.15) is 0 Å². The highest BCUT2D eigenvalue weighted by Gasteiger charge is 2.39. The first-order valence-electron chi connectivity index (χ1n) is 4.45. The van der Waals surface area contributed by atoms with E-state index in [0.29, 0.717) is 5.92 Å². The average molecular weight is 140 g/mol. The van der Waals surface area contributed by atoms with Crippen molar-refractivity contribution in [3.05, 3.63) is 0 Å². The lowest BCUT2D eigenvalue weighted by atomic mass is 9.62. The summed E-state index contributed by atoms with van der Waals surface area (Å²) < 4.78 is 0. The number of fused-ring (bicyclic) bond motifs is 1. The van der Waals surface area contributed by atoms with Crippen LogP contribution in [0.25, 0.3) is 0 Å². The van der Waals surface area contributed by atoms with Gasteiger partial charge in [0.05, 0.1) is 6.10 Å². The monoisotopic (exact) mass is 140 g/mol. The van der Waals surface area contributed by atoms with Crippen molar-refractivity contribution in [1.82, 2.24) is 0 Å². The van der Waals surface area contributed by atoms with Crippen molar-refractivity contribution in [2.45, 2.75) is 38.7 Å². The van der Waals surface area contributed by atoms with Crippen LogP contribution in [0, 0.1) is 17.8 Å². The molecular formula is C9H16O. The summed E-state index contributed by atoms with van der Waals surface area (Å²) in [6.07, 6.45) is 5.20. The molecule has 0 aromatic heterocycles. The Labute approximate surface area is 62.4 Å². The van der Waals surface area contributed by atoms with E-state index in [0.717, 1.165) is 18.3 Å². The van der Waals surface area contributed by atoms with Crippen LogP contribution in [-0.2, 0) is 0 Å². The van der Waals surface area contributed by atoms with Gasteiger partial charge in [-0.1, -0.05) is 6.92 Å². The first-order chi connectivity index (χ1) is 4.77. The van der Waals surface area contributed by atoms with Crippen LogP contribution in [0.4, 0.5) is 0 Å². The Morgan fingerprint density at radius 3 is 2.20 bits per heavy atom. The van der Waals surface area contributed by atoms with Gasteiger partial charge in [-0.15, -0.1) is 0 Å². The van der Waals surface area contributed by atoms with Crippen LogP contribution in [0.15, 0.2) is 0 Å². The van der Waals surface area contributed by atoms with Gasteiger partial charge in [-0.25, -0.2) is 0 Å². The molecule has 4 atom stereocenters. The van der Waals surface area contributed by atoms with Gasteiger partial charge in [0, 0.05) is 0 Å². The van der Waals surface area contributed by atoms with E-state index < -0.39 is 0 Å². The Balaban J connectivity index is 1.96. The molecule has 10 heavy (non-hydrogen) atoms. The minimum atomic E-state index is 0.0153. The van der Waals surface area contributed by atoms with Crippen molar-refractivity contribution in [2.24, 2.45) is 17.8 Å². The molecule has 2 unspecified atom stereocenters. The minimum Gasteiger partial charge on any atom is -0.393 e. The van der Waals surface area contributed by atoms with Crippen LogP contribution in [0.5, 0.6) is 0 Å². The molecule has 0 aliphatic heterocycles. The molecule has 2 aliphatic carbocycles. The molecule has 1 nitrogen and oxygen atoms in total. The van der Waals surface area contributed by atoms with Crippen molar-refractivity contribution in [3.63, 3.8) is 0 Å². The molecule has 1 heteroatoms. The maximum absolute atomic E-state index is 9.50. The molecule has 0 bridgehead atoms. The second kappa shape index (κ2) is 2.23. The number of hydrogen-bond acceptors (Lipinski definition) is 1. The molecule has 2 saturated carbocycles. The SMILES string of the molecule is C[C@H]1CC2CCC2C[C@@H]1O. The highest BCUT2D eigenvalue weighted by molar-refractivity contribution is 4.90. The summed E-state index contributed by atoms with van der Waals surface area (Å²) in [6, 6.07) is 0. The lowest BCUT2D eigenvalue weighted by molar-refractivity contribution is -0.0196. The number of hydrogen-bond donors (Lipinski definition) is 1. The zero-order chi connectivity index (χ0) is 7.14. The molecule has 1 N–H and O–H groups in total. The fourth-order valence-corrected chi connectivity index (χ4v) is 2.44. The van der Waals surface area contributed by atoms with Gasteiger partial charge in [0.15, 0.2) is 0 Å². The zero-order valence-electron chi connectivity index (χ0n) is 6.59. The second-order valence-corrected chi connectivity index (χ2v) is 4.11. The third-order valence-corrected chi connectivity index (χ3v) is 3.45. The van der Waals surface area contributed by atoms with E-state index in [1.54, 1.807) is 0 Å². The summed E-state index contributed by atoms with van der Waals surface area (Å²) in [7, 11) is 0. The number of aliphatic hydroxyl groups excluding tert-OH is 1. The third kappa shape index (κ3) is 0.878. The first kappa shape index (κ1) is 6.66. The molecule has 0 radical (unpaired) electrons. The molecule has 58 valence electrons. The van der Waals surface area contributed by atoms with Crippen LogP contribution in [0.2, 0.25) is 0 Å². The zero-order valence-corrected chi connectivity index (χ0v) is 6.59. The Kier molecular flexibility index (Phi) is 1.48. The Hall–Kier alpha value is -0.0400. The van der Waals surface area contributed by atoms with Crippen molar-refractivity contribution in [1.29, 1.82) is 0 Å². The second-order valence-electron chi connectivity index (χ2n) is 4.11. The molecule has 2 fully saturated rings. The maximum Gasteiger partial charge on any atom is 0.0568 e. The van der Waals surface area contributed by atoms with E-state index in [-0.39, 0.29) is 6.10 Å². The van der Waals surface area contributed by atoms with E-state index in [9.17, 15) is 5.11 Å². The molecular weight excluding hydrogens is 124 g/mol. The van der Waals surface area contributed by atoms with Gasteiger partial charge >= 0.3 is 0 Å². The first-order valence-corrected chi connectivity index (χ1v) is 4.45. The predicted octanol–water partition coefficient (Wildman–Crippen LogP) is 1.80. The summed E-state index contributed by atoms with van der Waals surface area (Å²) >= 11 is 0. The quantitative estimate of drug-likeness (QED) is 0.544. The molecule has 2 aliphatic rings. The fraction of sp³-hybridized carbons (Fsp3) is 1.00. The summed E-state index contributed by atoms with van der Waals surface area (Å²) in [5.41, 5.74) is 0. The molecule has 0 amide bonds. The molecule has 2 rings (SSSR count). The standard InChI is InChI=1S/C9H16O/c1-6-4-7-2-3-8(7)5-9(6)10/h6-10H,2-5H2,1H3/t6-,7?,8?,9-/m0/s1.